The van der Waals surface area contributed by atoms with Gasteiger partial charge in [-0.3, -0.25) is 9.59 Å². The van der Waals surface area contributed by atoms with Gasteiger partial charge in [0.1, 0.15) is 5.82 Å². The number of benzene rings is 1. The van der Waals surface area contributed by atoms with Gasteiger partial charge in [0.25, 0.3) is 0 Å². The van der Waals surface area contributed by atoms with E-state index >= 15 is 0 Å². The summed E-state index contributed by atoms with van der Waals surface area (Å²) in [6, 6.07) is 13.6. The van der Waals surface area contributed by atoms with E-state index in [1.165, 1.54) is 11.8 Å². The van der Waals surface area contributed by atoms with Crippen LogP contribution >= 0.6 is 11.6 Å². The minimum Gasteiger partial charge on any atom is -0.343 e. The molecular formula is C21H24ClN3O2. The zero-order valence-electron chi connectivity index (χ0n) is 15.2. The molecule has 1 aromatic heterocycles. The van der Waals surface area contributed by atoms with Gasteiger partial charge in [0.05, 0.1) is 5.02 Å². The maximum absolute atomic E-state index is 12.4. The maximum atomic E-state index is 12.4. The number of nitrogens with zero attached hydrogens (tertiary/aromatic N) is 2. The quantitative estimate of drug-likeness (QED) is 0.819. The van der Waals surface area contributed by atoms with Crippen LogP contribution in [0.3, 0.4) is 0 Å². The fourth-order valence-electron chi connectivity index (χ4n) is 3.32. The van der Waals surface area contributed by atoms with E-state index < -0.39 is 0 Å². The van der Waals surface area contributed by atoms with Crippen molar-refractivity contribution >= 4 is 29.2 Å². The van der Waals surface area contributed by atoms with Crippen LogP contribution in [0.25, 0.3) is 0 Å². The Bertz CT molecular complexity index is 757. The molecule has 1 saturated heterocycles. The molecule has 0 radical (unpaired) electrons. The van der Waals surface area contributed by atoms with Crippen LogP contribution in [0.15, 0.2) is 48.7 Å². The van der Waals surface area contributed by atoms with Crippen LogP contribution in [-0.4, -0.2) is 34.8 Å². The summed E-state index contributed by atoms with van der Waals surface area (Å²) in [4.78, 5) is 30.7. The number of hydrogen-bond acceptors (Lipinski definition) is 3. The minimum atomic E-state index is -0.0872. The van der Waals surface area contributed by atoms with E-state index in [2.05, 4.69) is 22.4 Å². The number of anilines is 1. The van der Waals surface area contributed by atoms with Crippen LogP contribution in [0.4, 0.5) is 5.82 Å². The lowest BCUT2D eigenvalue weighted by molar-refractivity contribution is -0.134. The molecule has 1 aliphatic rings. The number of likely N-dealkylation sites (tertiary alicyclic amines) is 1. The van der Waals surface area contributed by atoms with Gasteiger partial charge in [0.2, 0.25) is 11.8 Å². The van der Waals surface area contributed by atoms with Crippen molar-refractivity contribution in [2.24, 2.45) is 5.92 Å². The van der Waals surface area contributed by atoms with Gasteiger partial charge in [0, 0.05) is 31.6 Å². The van der Waals surface area contributed by atoms with Crippen LogP contribution in [-0.2, 0) is 16.0 Å². The largest absolute Gasteiger partial charge is 0.343 e. The molecule has 1 aliphatic heterocycles. The number of carbonyl (C=O) groups excluding carboxylic acids is 2. The number of amides is 2. The van der Waals surface area contributed by atoms with E-state index in [0.717, 1.165) is 12.8 Å². The summed E-state index contributed by atoms with van der Waals surface area (Å²) in [6.07, 6.45) is 5.20. The van der Waals surface area contributed by atoms with Gasteiger partial charge < -0.3 is 10.2 Å². The average molecular weight is 386 g/mol. The number of halogens is 1. The third kappa shape index (κ3) is 5.79. The number of pyridine rings is 1. The molecule has 0 bridgehead atoms. The Morgan fingerprint density at radius 3 is 2.52 bits per heavy atom. The third-order valence-corrected chi connectivity index (χ3v) is 5.12. The zero-order chi connectivity index (χ0) is 19.1. The summed E-state index contributed by atoms with van der Waals surface area (Å²) in [5, 5.41) is 3.36. The molecule has 0 atom stereocenters. The lowest BCUT2D eigenvalue weighted by Gasteiger charge is -2.31. The lowest BCUT2D eigenvalue weighted by atomic mass is 9.95. The van der Waals surface area contributed by atoms with Gasteiger partial charge in [-0.2, -0.15) is 0 Å². The van der Waals surface area contributed by atoms with Crippen LogP contribution in [0.2, 0.25) is 5.02 Å². The number of rotatable bonds is 6. The Labute approximate surface area is 164 Å². The molecule has 2 amide bonds. The molecule has 2 aromatic rings. The Hall–Kier alpha value is -2.40. The summed E-state index contributed by atoms with van der Waals surface area (Å²) in [6.45, 7) is 1.27. The first-order chi connectivity index (χ1) is 13.1. The Morgan fingerprint density at radius 2 is 1.85 bits per heavy atom. The third-order valence-electron chi connectivity index (χ3n) is 4.90. The van der Waals surface area contributed by atoms with Crippen LogP contribution in [0, 0.1) is 5.92 Å². The molecule has 1 aromatic carbocycles. The zero-order valence-corrected chi connectivity index (χ0v) is 16.0. The first-order valence-corrected chi connectivity index (χ1v) is 9.74. The minimum absolute atomic E-state index is 0.0407. The molecule has 2 heterocycles. The fraction of sp³-hybridized carbons (Fsp3) is 0.381. The second kappa shape index (κ2) is 9.51. The van der Waals surface area contributed by atoms with E-state index in [1.54, 1.807) is 12.1 Å². The van der Waals surface area contributed by atoms with Gasteiger partial charge in [0.15, 0.2) is 0 Å². The molecule has 0 spiro atoms. The molecule has 0 aliphatic carbocycles. The highest BCUT2D eigenvalue weighted by Crippen LogP contribution is 2.20. The smallest absolute Gasteiger partial charge is 0.228 e. The predicted molar refractivity (Wildman–Crippen MR) is 107 cm³/mol. The summed E-state index contributed by atoms with van der Waals surface area (Å²) in [5.41, 5.74) is 1.26. The van der Waals surface area contributed by atoms with Crippen molar-refractivity contribution in [3.63, 3.8) is 0 Å². The topological polar surface area (TPSA) is 62.3 Å². The van der Waals surface area contributed by atoms with Crippen molar-refractivity contribution in [3.8, 4) is 0 Å². The molecule has 1 fully saturated rings. The molecule has 0 saturated carbocycles. The molecule has 142 valence electrons. The van der Waals surface area contributed by atoms with Crippen molar-refractivity contribution in [3.05, 3.63) is 59.2 Å². The number of piperidine rings is 1. The Kier molecular flexibility index (Phi) is 6.82. The highest BCUT2D eigenvalue weighted by molar-refractivity contribution is 6.30. The number of nitrogens with one attached hydrogen (secondary N) is 1. The molecule has 3 rings (SSSR count). The van der Waals surface area contributed by atoms with E-state index in [-0.39, 0.29) is 17.7 Å². The van der Waals surface area contributed by atoms with Crippen molar-refractivity contribution in [1.29, 1.82) is 0 Å². The van der Waals surface area contributed by atoms with Crippen LogP contribution in [0.1, 0.15) is 31.2 Å². The Balaban J connectivity index is 1.39. The maximum Gasteiger partial charge on any atom is 0.228 e. The summed E-state index contributed by atoms with van der Waals surface area (Å²) in [5.74, 6) is 0.560. The van der Waals surface area contributed by atoms with Gasteiger partial charge in [-0.25, -0.2) is 4.98 Å². The van der Waals surface area contributed by atoms with Crippen molar-refractivity contribution in [1.82, 2.24) is 9.88 Å². The predicted octanol–water partition coefficient (Wildman–Crippen LogP) is 3.94. The summed E-state index contributed by atoms with van der Waals surface area (Å²) < 4.78 is 0. The van der Waals surface area contributed by atoms with Crippen molar-refractivity contribution < 1.29 is 9.59 Å². The van der Waals surface area contributed by atoms with E-state index in [0.29, 0.717) is 43.2 Å². The van der Waals surface area contributed by atoms with E-state index in [4.69, 9.17) is 11.6 Å². The van der Waals surface area contributed by atoms with Crippen molar-refractivity contribution in [2.75, 3.05) is 18.4 Å². The standard InChI is InChI=1S/C21H24ClN3O2/c22-18-9-10-19(23-15-18)24-21(27)17-11-13-25(14-12-17)20(26)8-4-7-16-5-2-1-3-6-16/h1-3,5-6,9-10,15,17H,4,7-8,11-14H2,(H,23,24,27). The monoisotopic (exact) mass is 385 g/mol. The van der Waals surface area contributed by atoms with Crippen molar-refractivity contribution in [2.45, 2.75) is 32.1 Å². The molecular weight excluding hydrogens is 362 g/mol. The van der Waals surface area contributed by atoms with Gasteiger partial charge in [-0.1, -0.05) is 41.9 Å². The Morgan fingerprint density at radius 1 is 1.11 bits per heavy atom. The fourth-order valence-corrected chi connectivity index (χ4v) is 3.43. The van der Waals surface area contributed by atoms with Gasteiger partial charge >= 0.3 is 0 Å². The summed E-state index contributed by atoms with van der Waals surface area (Å²) >= 11 is 5.80. The average Bonchev–Trinajstić information content (AvgIpc) is 2.70. The van der Waals surface area contributed by atoms with Gasteiger partial charge in [-0.15, -0.1) is 0 Å². The SMILES string of the molecule is O=C(Nc1ccc(Cl)cn1)C1CCN(C(=O)CCCc2ccccc2)CC1. The number of carbonyl (C=O) groups is 2. The molecule has 5 nitrogen and oxygen atoms in total. The van der Waals surface area contributed by atoms with E-state index in [9.17, 15) is 9.59 Å². The molecule has 1 N–H and O–H groups in total. The highest BCUT2D eigenvalue weighted by atomic mass is 35.5. The normalized spacial score (nSPS) is 14.8. The molecule has 0 unspecified atom stereocenters. The molecule has 6 heteroatoms. The lowest BCUT2D eigenvalue weighted by Crippen LogP contribution is -2.41. The van der Waals surface area contributed by atoms with E-state index in [1.807, 2.05) is 23.1 Å². The molecule has 27 heavy (non-hydrogen) atoms. The first-order valence-electron chi connectivity index (χ1n) is 9.36. The number of hydrogen-bond donors (Lipinski definition) is 1. The van der Waals surface area contributed by atoms with Crippen LogP contribution in [0.5, 0.6) is 0 Å². The number of aromatic nitrogens is 1. The van der Waals surface area contributed by atoms with Crippen LogP contribution < -0.4 is 5.32 Å². The van der Waals surface area contributed by atoms with Gasteiger partial charge in [-0.05, 0) is 43.4 Å². The number of aryl methyl sites for hydroxylation is 1. The highest BCUT2D eigenvalue weighted by Gasteiger charge is 2.27. The summed E-state index contributed by atoms with van der Waals surface area (Å²) in [7, 11) is 0. The second-order valence-electron chi connectivity index (χ2n) is 6.85. The second-order valence-corrected chi connectivity index (χ2v) is 7.28. The first kappa shape index (κ1) is 19.4.